The molecule has 0 atom stereocenters. The van der Waals surface area contributed by atoms with Crippen molar-refractivity contribution < 1.29 is 13.2 Å². The van der Waals surface area contributed by atoms with Crippen molar-refractivity contribution in [1.82, 2.24) is 18.9 Å². The average molecular weight is 395 g/mol. The maximum absolute atomic E-state index is 13.1. The van der Waals surface area contributed by atoms with E-state index in [0.29, 0.717) is 21.9 Å². The van der Waals surface area contributed by atoms with Gasteiger partial charge in [-0.1, -0.05) is 11.6 Å². The van der Waals surface area contributed by atoms with Gasteiger partial charge in [-0.05, 0) is 24.6 Å². The van der Waals surface area contributed by atoms with Crippen molar-refractivity contribution in [3.05, 3.63) is 57.1 Å². The highest BCUT2D eigenvalue weighted by Gasteiger charge is 2.33. The zero-order valence-electron chi connectivity index (χ0n) is 13.8. The molecule has 8 nitrogen and oxygen atoms in total. The number of fused-ring (bicyclic) bond motifs is 2. The van der Waals surface area contributed by atoms with Crippen LogP contribution in [-0.2, 0) is 23.0 Å². The molecule has 0 unspecified atom stereocenters. The first-order chi connectivity index (χ1) is 12.4. The quantitative estimate of drug-likeness (QED) is 0.724. The van der Waals surface area contributed by atoms with Crippen LogP contribution in [0.25, 0.3) is 5.65 Å². The molecule has 0 aliphatic carbocycles. The van der Waals surface area contributed by atoms with Crippen LogP contribution in [0.2, 0.25) is 5.02 Å². The molecule has 1 aliphatic heterocycles. The van der Waals surface area contributed by atoms with Gasteiger partial charge in [-0.25, -0.2) is 17.9 Å². The first-order valence-electron chi connectivity index (χ1n) is 7.83. The van der Waals surface area contributed by atoms with E-state index in [9.17, 15) is 13.2 Å². The summed E-state index contributed by atoms with van der Waals surface area (Å²) in [6, 6.07) is 6.11. The van der Waals surface area contributed by atoms with E-state index in [2.05, 4.69) is 10.1 Å². The van der Waals surface area contributed by atoms with E-state index in [1.807, 2.05) is 0 Å². The number of hydrogen-bond acceptors (Lipinski definition) is 5. The number of nitrogens with zero attached hydrogens (tertiary/aromatic N) is 3. The van der Waals surface area contributed by atoms with E-state index in [1.54, 1.807) is 18.3 Å². The molecule has 1 N–H and O–H groups in total. The fraction of sp³-hybridized carbons (Fsp3) is 0.250. The largest absolute Gasteiger partial charge is 0.495 e. The summed E-state index contributed by atoms with van der Waals surface area (Å²) in [5, 5.41) is 3.10. The second-order valence-corrected chi connectivity index (χ2v) is 8.22. The van der Waals surface area contributed by atoms with Crippen LogP contribution in [0.15, 0.2) is 40.2 Å². The standard InChI is InChI=1S/C16H15ClN4O4S/c1-25-13-3-2-10(17)8-14(13)26(23,24)20-7-5-11-12(9-20)19-15-4-6-18-21(15)16(11)22/h2-4,6,8,18H,5,7,9H2,1H3. The van der Waals surface area contributed by atoms with Gasteiger partial charge >= 0.3 is 0 Å². The highest BCUT2D eigenvalue weighted by atomic mass is 35.5. The van der Waals surface area contributed by atoms with Crippen molar-refractivity contribution >= 4 is 27.3 Å². The fourth-order valence-electron chi connectivity index (χ4n) is 3.10. The normalized spacial score (nSPS) is 15.2. The summed E-state index contributed by atoms with van der Waals surface area (Å²) in [6.07, 6.45) is 1.89. The second kappa shape index (κ2) is 6.11. The highest BCUT2D eigenvalue weighted by molar-refractivity contribution is 7.89. The molecule has 136 valence electrons. The summed E-state index contributed by atoms with van der Waals surface area (Å²) in [5.74, 6) is 0.217. The Morgan fingerprint density at radius 1 is 1.31 bits per heavy atom. The summed E-state index contributed by atoms with van der Waals surface area (Å²) in [6.45, 7) is 0.193. The molecule has 0 saturated heterocycles. The third-order valence-electron chi connectivity index (χ3n) is 4.41. The van der Waals surface area contributed by atoms with Gasteiger partial charge < -0.3 is 4.74 Å². The molecule has 3 heterocycles. The molecule has 0 spiro atoms. The maximum Gasteiger partial charge on any atom is 0.276 e. The van der Waals surface area contributed by atoms with E-state index >= 15 is 0 Å². The number of nitrogens with one attached hydrogen (secondary N) is 1. The smallest absolute Gasteiger partial charge is 0.276 e. The van der Waals surface area contributed by atoms with Gasteiger partial charge in [0.25, 0.3) is 5.56 Å². The lowest BCUT2D eigenvalue weighted by molar-refractivity contribution is 0.373. The molecule has 26 heavy (non-hydrogen) atoms. The minimum atomic E-state index is -3.86. The molecule has 10 heteroatoms. The topological polar surface area (TPSA) is 96.8 Å². The Bertz CT molecular complexity index is 1170. The lowest BCUT2D eigenvalue weighted by Crippen LogP contribution is -2.39. The van der Waals surface area contributed by atoms with Gasteiger partial charge in [0.1, 0.15) is 10.6 Å². The van der Waals surface area contributed by atoms with Crippen molar-refractivity contribution in [3.8, 4) is 5.75 Å². The molecule has 0 amide bonds. The monoisotopic (exact) mass is 394 g/mol. The highest BCUT2D eigenvalue weighted by Crippen LogP contribution is 2.31. The number of H-pyrrole nitrogens is 1. The van der Waals surface area contributed by atoms with Crippen LogP contribution >= 0.6 is 11.6 Å². The number of methoxy groups -OCH3 is 1. The molecule has 1 aliphatic rings. The number of aromatic amines is 1. The molecule has 0 bridgehead atoms. The number of halogens is 1. The van der Waals surface area contributed by atoms with Gasteiger partial charge in [-0.15, -0.1) is 0 Å². The zero-order valence-corrected chi connectivity index (χ0v) is 15.3. The summed E-state index contributed by atoms with van der Waals surface area (Å²) in [5.41, 5.74) is 1.24. The van der Waals surface area contributed by atoms with Gasteiger partial charge in [0, 0.05) is 29.4 Å². The third kappa shape index (κ3) is 2.59. The van der Waals surface area contributed by atoms with Gasteiger partial charge in [0.15, 0.2) is 5.65 Å². The number of ether oxygens (including phenoxy) is 1. The number of hydrogen-bond donors (Lipinski definition) is 1. The molecule has 2 aromatic heterocycles. The summed E-state index contributed by atoms with van der Waals surface area (Å²) in [7, 11) is -2.45. The SMILES string of the molecule is COc1ccc(Cl)cc1S(=O)(=O)N1CCc2c(nc3cc[nH]n3c2=O)C1. The molecule has 1 aromatic carbocycles. The Morgan fingerprint density at radius 2 is 2.12 bits per heavy atom. The number of sulfonamides is 1. The molecular weight excluding hydrogens is 380 g/mol. The number of benzene rings is 1. The number of rotatable bonds is 3. The molecule has 0 radical (unpaired) electrons. The molecular formula is C16H15ClN4O4S. The predicted octanol–water partition coefficient (Wildman–Crippen LogP) is 1.43. The van der Waals surface area contributed by atoms with E-state index in [4.69, 9.17) is 16.3 Å². The van der Waals surface area contributed by atoms with Crippen molar-refractivity contribution in [3.63, 3.8) is 0 Å². The zero-order chi connectivity index (χ0) is 18.5. The van der Waals surface area contributed by atoms with Gasteiger partial charge in [0.2, 0.25) is 10.0 Å². The van der Waals surface area contributed by atoms with Crippen LogP contribution in [0.4, 0.5) is 0 Å². The Balaban J connectivity index is 1.78. The summed E-state index contributed by atoms with van der Waals surface area (Å²) in [4.78, 5) is 16.9. The summed E-state index contributed by atoms with van der Waals surface area (Å²) >= 11 is 5.98. The molecule has 3 aromatic rings. The molecule has 0 fully saturated rings. The maximum atomic E-state index is 13.1. The lowest BCUT2D eigenvalue weighted by Gasteiger charge is -2.27. The third-order valence-corrected chi connectivity index (χ3v) is 6.51. The average Bonchev–Trinajstić information content (AvgIpc) is 3.10. The van der Waals surface area contributed by atoms with Crippen molar-refractivity contribution in [2.24, 2.45) is 0 Å². The van der Waals surface area contributed by atoms with Crippen LogP contribution in [-0.4, -0.2) is 41.0 Å². The van der Waals surface area contributed by atoms with Crippen LogP contribution in [0.3, 0.4) is 0 Å². The first-order valence-corrected chi connectivity index (χ1v) is 9.65. The minimum Gasteiger partial charge on any atom is -0.495 e. The van der Waals surface area contributed by atoms with Crippen LogP contribution in [0, 0.1) is 0 Å². The van der Waals surface area contributed by atoms with E-state index in [1.165, 1.54) is 28.1 Å². The Hall–Kier alpha value is -2.36. The minimum absolute atomic E-state index is 0.00426. The second-order valence-electron chi connectivity index (χ2n) is 5.88. The fourth-order valence-corrected chi connectivity index (χ4v) is 4.92. The number of aromatic nitrogens is 3. The lowest BCUT2D eigenvalue weighted by atomic mass is 10.1. The van der Waals surface area contributed by atoms with Crippen molar-refractivity contribution in [1.29, 1.82) is 0 Å². The van der Waals surface area contributed by atoms with Gasteiger partial charge in [-0.2, -0.15) is 4.31 Å². The van der Waals surface area contributed by atoms with Crippen LogP contribution < -0.4 is 10.3 Å². The van der Waals surface area contributed by atoms with E-state index in [-0.39, 0.29) is 35.7 Å². The van der Waals surface area contributed by atoms with Crippen LogP contribution in [0.1, 0.15) is 11.3 Å². The molecule has 0 saturated carbocycles. The molecule has 4 rings (SSSR count). The van der Waals surface area contributed by atoms with Crippen molar-refractivity contribution in [2.75, 3.05) is 13.7 Å². The Labute approximate surface area is 154 Å². The van der Waals surface area contributed by atoms with Crippen LogP contribution in [0.5, 0.6) is 5.75 Å². The first kappa shape index (κ1) is 17.1. The Morgan fingerprint density at radius 3 is 2.88 bits per heavy atom. The summed E-state index contributed by atoms with van der Waals surface area (Å²) < 4.78 is 34.0. The van der Waals surface area contributed by atoms with Gasteiger partial charge in [0.05, 0.1) is 19.3 Å². The van der Waals surface area contributed by atoms with E-state index in [0.717, 1.165) is 0 Å². The van der Waals surface area contributed by atoms with Gasteiger partial charge in [-0.3, -0.25) is 9.89 Å². The van der Waals surface area contributed by atoms with Crippen molar-refractivity contribution in [2.45, 2.75) is 17.9 Å². The Kier molecular flexibility index (Phi) is 4.02. The van der Waals surface area contributed by atoms with E-state index < -0.39 is 10.0 Å². The predicted molar refractivity (Wildman–Crippen MR) is 95.1 cm³/mol.